The molecule has 0 N–H and O–H groups in total. The molecule has 3 aromatic rings. The highest BCUT2D eigenvalue weighted by Gasteiger charge is 2.21. The minimum Gasteiger partial charge on any atom is -0.496 e. The Morgan fingerprint density at radius 1 is 1.00 bits per heavy atom. The molecule has 3 rings (SSSR count). The molecule has 3 nitrogen and oxygen atoms in total. The van der Waals surface area contributed by atoms with Crippen molar-refractivity contribution in [2.24, 2.45) is 0 Å². The number of ketones is 1. The molecule has 0 heterocycles. The number of halogens is 5. The van der Waals surface area contributed by atoms with Crippen LogP contribution in [0.15, 0.2) is 59.1 Å². The monoisotopic (exact) mass is 494 g/mol. The van der Waals surface area contributed by atoms with E-state index in [-0.39, 0.29) is 11.8 Å². The first-order chi connectivity index (χ1) is 14.8. The second-order valence-corrected chi connectivity index (χ2v) is 7.28. The van der Waals surface area contributed by atoms with Crippen molar-refractivity contribution < 1.29 is 31.8 Å². The number of methoxy groups -OCH3 is 1. The van der Waals surface area contributed by atoms with E-state index >= 15 is 0 Å². The van der Waals surface area contributed by atoms with E-state index in [2.05, 4.69) is 15.9 Å². The third-order valence-corrected chi connectivity index (χ3v) is 4.78. The van der Waals surface area contributed by atoms with Gasteiger partial charge in [-0.3, -0.25) is 4.79 Å². The molecular weight excluding hydrogens is 480 g/mol. The van der Waals surface area contributed by atoms with Crippen LogP contribution in [0.1, 0.15) is 21.5 Å². The molecule has 0 aromatic heterocycles. The van der Waals surface area contributed by atoms with Gasteiger partial charge in [0.05, 0.1) is 7.11 Å². The van der Waals surface area contributed by atoms with E-state index in [9.17, 15) is 22.4 Å². The van der Waals surface area contributed by atoms with Gasteiger partial charge in [0.2, 0.25) is 11.6 Å². The van der Waals surface area contributed by atoms with Crippen LogP contribution in [-0.2, 0) is 6.61 Å². The highest BCUT2D eigenvalue weighted by Crippen LogP contribution is 2.29. The normalized spacial score (nSPS) is 11.0. The Bertz CT molecular complexity index is 1140. The molecule has 0 radical (unpaired) electrons. The summed E-state index contributed by atoms with van der Waals surface area (Å²) in [7, 11) is 1.38. The zero-order valence-electron chi connectivity index (χ0n) is 16.1. The molecule has 0 spiro atoms. The predicted octanol–water partition coefficient (Wildman–Crippen LogP) is 6.49. The molecule has 3 aromatic carbocycles. The number of hydrogen-bond acceptors (Lipinski definition) is 3. The van der Waals surface area contributed by atoms with Crippen LogP contribution in [0.3, 0.4) is 0 Å². The maximum Gasteiger partial charge on any atom is 0.203 e. The van der Waals surface area contributed by atoms with Gasteiger partial charge in [-0.1, -0.05) is 40.2 Å². The summed E-state index contributed by atoms with van der Waals surface area (Å²) in [5, 5.41) is 0. The van der Waals surface area contributed by atoms with Crippen LogP contribution in [0.5, 0.6) is 11.5 Å². The number of ether oxygens (including phenoxy) is 2. The maximum atomic E-state index is 13.8. The van der Waals surface area contributed by atoms with Gasteiger partial charge in [0.15, 0.2) is 23.2 Å². The Morgan fingerprint density at radius 2 is 1.71 bits per heavy atom. The van der Waals surface area contributed by atoms with Gasteiger partial charge >= 0.3 is 0 Å². The number of hydrogen-bond donors (Lipinski definition) is 0. The molecule has 0 aliphatic carbocycles. The fraction of sp³-hybridized carbons (Fsp3) is 0.0870. The summed E-state index contributed by atoms with van der Waals surface area (Å²) in [6, 6.07) is 11.8. The second-order valence-electron chi connectivity index (χ2n) is 6.37. The van der Waals surface area contributed by atoms with Gasteiger partial charge in [0.1, 0.15) is 12.4 Å². The predicted molar refractivity (Wildman–Crippen MR) is 111 cm³/mol. The van der Waals surface area contributed by atoms with E-state index in [4.69, 9.17) is 9.47 Å². The molecule has 0 atom stereocenters. The van der Waals surface area contributed by atoms with Gasteiger partial charge in [-0.15, -0.1) is 0 Å². The highest BCUT2D eigenvalue weighted by atomic mass is 79.9. The van der Waals surface area contributed by atoms with Crippen LogP contribution in [0.2, 0.25) is 0 Å². The molecule has 0 fully saturated rings. The first kappa shape index (κ1) is 22.6. The topological polar surface area (TPSA) is 35.5 Å². The van der Waals surface area contributed by atoms with Gasteiger partial charge in [0, 0.05) is 21.7 Å². The highest BCUT2D eigenvalue weighted by molar-refractivity contribution is 9.10. The molecule has 31 heavy (non-hydrogen) atoms. The number of rotatable bonds is 7. The van der Waals surface area contributed by atoms with Gasteiger partial charge < -0.3 is 9.47 Å². The lowest BCUT2D eigenvalue weighted by atomic mass is 10.1. The molecule has 0 unspecified atom stereocenters. The summed E-state index contributed by atoms with van der Waals surface area (Å²) in [6.45, 7) is -0.429. The van der Waals surface area contributed by atoms with E-state index in [1.165, 1.54) is 13.2 Å². The third kappa shape index (κ3) is 5.32. The largest absolute Gasteiger partial charge is 0.496 e. The SMILES string of the molecule is COc1ccc(/C=C/C(=O)c2cccc(Br)c2)cc1COc1c(F)c(F)cc(F)c1F. The zero-order valence-corrected chi connectivity index (χ0v) is 17.7. The van der Waals surface area contributed by atoms with Gasteiger partial charge in [-0.25, -0.2) is 8.78 Å². The Balaban J connectivity index is 1.82. The molecule has 160 valence electrons. The van der Waals surface area contributed by atoms with E-state index in [1.54, 1.807) is 48.5 Å². The Labute approximate surface area is 184 Å². The van der Waals surface area contributed by atoms with Crippen molar-refractivity contribution in [1.29, 1.82) is 0 Å². The standard InChI is InChI=1S/C23H15BrF4O3/c1-30-20-8-6-13(5-7-19(29)14-3-2-4-16(24)10-14)9-15(20)12-31-23-21(27)17(25)11-18(26)22(23)28/h2-11H,12H2,1H3/b7-5+. The molecule has 0 saturated heterocycles. The van der Waals surface area contributed by atoms with Gasteiger partial charge in [-0.05, 0) is 35.9 Å². The van der Waals surface area contributed by atoms with E-state index in [0.29, 0.717) is 22.4 Å². The average molecular weight is 495 g/mol. The summed E-state index contributed by atoms with van der Waals surface area (Å²) in [5.41, 5.74) is 1.42. The number of allylic oxidation sites excluding steroid dienone is 1. The van der Waals surface area contributed by atoms with Crippen molar-refractivity contribution >= 4 is 27.8 Å². The summed E-state index contributed by atoms with van der Waals surface area (Å²) in [5.74, 6) is -7.46. The molecule has 0 aliphatic rings. The molecule has 8 heteroatoms. The lowest BCUT2D eigenvalue weighted by Gasteiger charge is -2.13. The van der Waals surface area contributed by atoms with Gasteiger partial charge in [0.25, 0.3) is 0 Å². The van der Waals surface area contributed by atoms with Crippen LogP contribution in [0, 0.1) is 23.3 Å². The summed E-state index contributed by atoms with van der Waals surface area (Å²) < 4.78 is 65.3. The van der Waals surface area contributed by atoms with Crippen LogP contribution in [0.4, 0.5) is 17.6 Å². The van der Waals surface area contributed by atoms with Crippen molar-refractivity contribution in [1.82, 2.24) is 0 Å². The minimum atomic E-state index is -1.63. The maximum absolute atomic E-state index is 13.8. The molecular formula is C23H15BrF4O3. The van der Waals surface area contributed by atoms with Gasteiger partial charge in [-0.2, -0.15) is 8.78 Å². The van der Waals surface area contributed by atoms with Crippen molar-refractivity contribution in [2.45, 2.75) is 6.61 Å². The number of benzene rings is 3. The zero-order chi connectivity index (χ0) is 22.5. The Kier molecular flexibility index (Phi) is 7.12. The summed E-state index contributed by atoms with van der Waals surface area (Å²) >= 11 is 3.30. The first-order valence-corrected chi connectivity index (χ1v) is 9.70. The van der Waals surface area contributed by atoms with Crippen LogP contribution in [-0.4, -0.2) is 12.9 Å². The van der Waals surface area contributed by atoms with E-state index in [1.807, 2.05) is 0 Å². The first-order valence-electron chi connectivity index (χ1n) is 8.91. The summed E-state index contributed by atoms with van der Waals surface area (Å²) in [4.78, 5) is 12.3. The lowest BCUT2D eigenvalue weighted by molar-refractivity contribution is 0.104. The molecule has 0 bridgehead atoms. The summed E-state index contributed by atoms with van der Waals surface area (Å²) in [6.07, 6.45) is 2.92. The van der Waals surface area contributed by atoms with Crippen molar-refractivity contribution in [2.75, 3.05) is 7.11 Å². The number of carbonyl (C=O) groups excluding carboxylic acids is 1. The molecule has 0 saturated carbocycles. The molecule has 0 amide bonds. The van der Waals surface area contributed by atoms with E-state index < -0.39 is 35.6 Å². The van der Waals surface area contributed by atoms with Crippen LogP contribution >= 0.6 is 15.9 Å². The van der Waals surface area contributed by atoms with E-state index in [0.717, 1.165) is 4.47 Å². The van der Waals surface area contributed by atoms with Crippen molar-refractivity contribution in [3.63, 3.8) is 0 Å². The fourth-order valence-electron chi connectivity index (χ4n) is 2.75. The van der Waals surface area contributed by atoms with Crippen LogP contribution < -0.4 is 9.47 Å². The quantitative estimate of drug-likeness (QED) is 0.163. The average Bonchev–Trinajstić information content (AvgIpc) is 2.76. The lowest BCUT2D eigenvalue weighted by Crippen LogP contribution is -2.05. The van der Waals surface area contributed by atoms with Crippen molar-refractivity contribution in [3.8, 4) is 11.5 Å². The third-order valence-electron chi connectivity index (χ3n) is 4.28. The van der Waals surface area contributed by atoms with Crippen molar-refractivity contribution in [3.05, 3.63) is 99.0 Å². The molecule has 0 aliphatic heterocycles. The Hall–Kier alpha value is -3.13. The Morgan fingerprint density at radius 3 is 2.35 bits per heavy atom. The fourth-order valence-corrected chi connectivity index (χ4v) is 3.15. The smallest absolute Gasteiger partial charge is 0.203 e. The number of carbonyl (C=O) groups is 1. The van der Waals surface area contributed by atoms with Crippen LogP contribution in [0.25, 0.3) is 6.08 Å². The second kappa shape index (κ2) is 9.78. The minimum absolute atomic E-state index is 0.103.